The van der Waals surface area contributed by atoms with Gasteiger partial charge in [-0.15, -0.1) is 11.8 Å². The maximum absolute atomic E-state index is 12.1. The summed E-state index contributed by atoms with van der Waals surface area (Å²) in [4.78, 5) is 12.1. The Kier molecular flexibility index (Phi) is 7.47. The van der Waals surface area contributed by atoms with Gasteiger partial charge in [0.15, 0.2) is 0 Å². The highest BCUT2D eigenvalue weighted by Crippen LogP contribution is 2.24. The van der Waals surface area contributed by atoms with Gasteiger partial charge in [-0.2, -0.15) is 0 Å². The third-order valence-electron chi connectivity index (χ3n) is 3.51. The Morgan fingerprint density at radius 3 is 2.67 bits per heavy atom. The van der Waals surface area contributed by atoms with Crippen molar-refractivity contribution in [2.75, 3.05) is 12.4 Å². The maximum Gasteiger partial charge on any atom is 0.230 e. The number of carbonyl (C=O) groups excluding carboxylic acids is 1. The number of para-hydroxylation sites is 1. The number of carbonyl (C=O) groups is 1. The summed E-state index contributed by atoms with van der Waals surface area (Å²) in [6.45, 7) is 4.54. The van der Waals surface area contributed by atoms with E-state index in [0.29, 0.717) is 17.4 Å². The predicted octanol–water partition coefficient (Wildman–Crippen LogP) is 4.85. The van der Waals surface area contributed by atoms with Gasteiger partial charge in [0.2, 0.25) is 5.91 Å². The molecule has 0 aliphatic heterocycles. The molecular formula is C19H22ClNO2S. The van der Waals surface area contributed by atoms with E-state index in [4.69, 9.17) is 16.3 Å². The zero-order valence-electron chi connectivity index (χ0n) is 13.9. The lowest BCUT2D eigenvalue weighted by atomic mass is 10.1. The van der Waals surface area contributed by atoms with Crippen LogP contribution in [0.1, 0.15) is 31.0 Å². The molecule has 1 amide bonds. The first-order valence-electron chi connectivity index (χ1n) is 7.94. The van der Waals surface area contributed by atoms with Crippen LogP contribution < -0.4 is 10.1 Å². The van der Waals surface area contributed by atoms with Crippen molar-refractivity contribution >= 4 is 29.3 Å². The molecule has 1 atom stereocenters. The van der Waals surface area contributed by atoms with Crippen molar-refractivity contribution in [1.29, 1.82) is 0 Å². The van der Waals surface area contributed by atoms with E-state index in [0.717, 1.165) is 22.6 Å². The zero-order valence-corrected chi connectivity index (χ0v) is 15.5. The topological polar surface area (TPSA) is 38.3 Å². The van der Waals surface area contributed by atoms with E-state index in [-0.39, 0.29) is 11.9 Å². The van der Waals surface area contributed by atoms with E-state index in [1.165, 1.54) is 0 Å². The molecule has 2 aromatic carbocycles. The summed E-state index contributed by atoms with van der Waals surface area (Å²) in [5.41, 5.74) is 2.04. The highest BCUT2D eigenvalue weighted by Gasteiger charge is 2.12. The van der Waals surface area contributed by atoms with Crippen LogP contribution in [0.5, 0.6) is 5.75 Å². The van der Waals surface area contributed by atoms with Crippen LogP contribution >= 0.6 is 23.4 Å². The minimum Gasteiger partial charge on any atom is -0.494 e. The molecule has 0 fully saturated rings. The fourth-order valence-corrected chi connectivity index (χ4v) is 3.49. The quantitative estimate of drug-likeness (QED) is 0.728. The lowest BCUT2D eigenvalue weighted by Crippen LogP contribution is -2.28. The summed E-state index contributed by atoms with van der Waals surface area (Å²) in [7, 11) is 0. The minimum absolute atomic E-state index is 0.00121. The molecular weight excluding hydrogens is 342 g/mol. The van der Waals surface area contributed by atoms with Gasteiger partial charge in [-0.1, -0.05) is 48.0 Å². The first-order chi connectivity index (χ1) is 11.6. The van der Waals surface area contributed by atoms with Gasteiger partial charge in [0.25, 0.3) is 0 Å². The van der Waals surface area contributed by atoms with Crippen molar-refractivity contribution in [1.82, 2.24) is 5.32 Å². The van der Waals surface area contributed by atoms with Crippen molar-refractivity contribution in [3.8, 4) is 5.75 Å². The lowest BCUT2D eigenvalue weighted by molar-refractivity contribution is -0.119. The van der Waals surface area contributed by atoms with Crippen molar-refractivity contribution in [3.05, 3.63) is 64.7 Å². The molecule has 0 heterocycles. The van der Waals surface area contributed by atoms with E-state index in [1.54, 1.807) is 11.8 Å². The van der Waals surface area contributed by atoms with Crippen LogP contribution in [0, 0.1) is 0 Å². The van der Waals surface area contributed by atoms with Crippen LogP contribution in [-0.2, 0) is 10.5 Å². The fourth-order valence-electron chi connectivity index (χ4n) is 2.36. The summed E-state index contributed by atoms with van der Waals surface area (Å²) in [5, 5.41) is 3.66. The van der Waals surface area contributed by atoms with Crippen LogP contribution in [0.2, 0.25) is 5.02 Å². The Balaban J connectivity index is 1.83. The molecule has 0 saturated carbocycles. The molecule has 0 aliphatic rings. The molecule has 0 radical (unpaired) electrons. The minimum atomic E-state index is -0.109. The smallest absolute Gasteiger partial charge is 0.230 e. The lowest BCUT2D eigenvalue weighted by Gasteiger charge is -2.15. The number of hydrogen-bond donors (Lipinski definition) is 1. The summed E-state index contributed by atoms with van der Waals surface area (Å²) in [6.07, 6.45) is 0. The van der Waals surface area contributed by atoms with Gasteiger partial charge in [0, 0.05) is 16.3 Å². The van der Waals surface area contributed by atoms with Crippen LogP contribution in [-0.4, -0.2) is 18.3 Å². The summed E-state index contributed by atoms with van der Waals surface area (Å²) in [5.74, 6) is 2.03. The van der Waals surface area contributed by atoms with Crippen LogP contribution in [0.4, 0.5) is 0 Å². The van der Waals surface area contributed by atoms with Gasteiger partial charge in [0.05, 0.1) is 18.4 Å². The number of hydrogen-bond acceptors (Lipinski definition) is 3. The van der Waals surface area contributed by atoms with Gasteiger partial charge in [-0.3, -0.25) is 4.79 Å². The van der Waals surface area contributed by atoms with Gasteiger partial charge in [-0.05, 0) is 31.5 Å². The average molecular weight is 364 g/mol. The number of ether oxygens (including phenoxy) is 1. The second-order valence-electron chi connectivity index (χ2n) is 5.34. The molecule has 0 bridgehead atoms. The van der Waals surface area contributed by atoms with Crippen molar-refractivity contribution in [2.45, 2.75) is 25.6 Å². The number of nitrogens with one attached hydrogen (secondary N) is 1. The molecule has 3 nitrogen and oxygen atoms in total. The normalized spacial score (nSPS) is 11.8. The largest absolute Gasteiger partial charge is 0.494 e. The second kappa shape index (κ2) is 9.60. The van der Waals surface area contributed by atoms with Gasteiger partial charge in [0.1, 0.15) is 5.75 Å². The van der Waals surface area contributed by atoms with E-state index in [2.05, 4.69) is 5.32 Å². The van der Waals surface area contributed by atoms with E-state index >= 15 is 0 Å². The number of amides is 1. The molecule has 0 aromatic heterocycles. The Hall–Kier alpha value is -1.65. The standard InChI is InChI=1S/C19H22ClNO2S/c1-3-23-18-11-7-4-8-15(18)12-24-13-19(22)21-14(2)16-9-5-6-10-17(16)20/h4-11,14H,3,12-13H2,1-2H3,(H,21,22)/t14-/m1/s1. The molecule has 0 saturated heterocycles. The van der Waals surface area contributed by atoms with E-state index in [9.17, 15) is 4.79 Å². The molecule has 0 aliphatic carbocycles. The Morgan fingerprint density at radius 1 is 1.21 bits per heavy atom. The monoisotopic (exact) mass is 363 g/mol. The van der Waals surface area contributed by atoms with Crippen LogP contribution in [0.15, 0.2) is 48.5 Å². The van der Waals surface area contributed by atoms with Crippen LogP contribution in [0.3, 0.4) is 0 Å². The van der Waals surface area contributed by atoms with Crippen molar-refractivity contribution in [2.24, 2.45) is 0 Å². The fraction of sp³-hybridized carbons (Fsp3) is 0.316. The molecule has 2 rings (SSSR count). The molecule has 5 heteroatoms. The molecule has 0 spiro atoms. The van der Waals surface area contributed by atoms with Gasteiger partial charge >= 0.3 is 0 Å². The average Bonchev–Trinajstić information content (AvgIpc) is 2.57. The maximum atomic E-state index is 12.1. The highest BCUT2D eigenvalue weighted by molar-refractivity contribution is 7.99. The second-order valence-corrected chi connectivity index (χ2v) is 6.74. The number of rotatable bonds is 8. The summed E-state index contributed by atoms with van der Waals surface area (Å²) >= 11 is 7.73. The van der Waals surface area contributed by atoms with E-state index < -0.39 is 0 Å². The predicted molar refractivity (Wildman–Crippen MR) is 102 cm³/mol. The van der Waals surface area contributed by atoms with E-state index in [1.807, 2.05) is 62.4 Å². The van der Waals surface area contributed by atoms with Crippen molar-refractivity contribution in [3.63, 3.8) is 0 Å². The molecule has 1 N–H and O–H groups in total. The molecule has 128 valence electrons. The first kappa shape index (κ1) is 18.7. The zero-order chi connectivity index (χ0) is 17.4. The van der Waals surface area contributed by atoms with Crippen molar-refractivity contribution < 1.29 is 9.53 Å². The number of benzene rings is 2. The SMILES string of the molecule is CCOc1ccccc1CSCC(=O)N[C@H](C)c1ccccc1Cl. The summed E-state index contributed by atoms with van der Waals surface area (Å²) in [6, 6.07) is 15.4. The third kappa shape index (κ3) is 5.46. The van der Waals surface area contributed by atoms with Gasteiger partial charge < -0.3 is 10.1 Å². The summed E-state index contributed by atoms with van der Waals surface area (Å²) < 4.78 is 5.60. The highest BCUT2D eigenvalue weighted by atomic mass is 35.5. The molecule has 2 aromatic rings. The number of thioether (sulfide) groups is 1. The molecule has 0 unspecified atom stereocenters. The Labute approximate surface area is 152 Å². The molecule has 24 heavy (non-hydrogen) atoms. The first-order valence-corrected chi connectivity index (χ1v) is 9.47. The van der Waals surface area contributed by atoms with Gasteiger partial charge in [-0.25, -0.2) is 0 Å². The third-order valence-corrected chi connectivity index (χ3v) is 4.84. The van der Waals surface area contributed by atoms with Crippen LogP contribution in [0.25, 0.3) is 0 Å². The number of halogens is 1. The Morgan fingerprint density at radius 2 is 1.92 bits per heavy atom. The Bertz CT molecular complexity index is 678.